The van der Waals surface area contributed by atoms with Gasteiger partial charge in [-0.1, -0.05) is 6.07 Å². The van der Waals surface area contributed by atoms with Gasteiger partial charge in [-0.2, -0.15) is 0 Å². The molecule has 1 aliphatic rings. The van der Waals surface area contributed by atoms with Gasteiger partial charge >= 0.3 is 0 Å². The van der Waals surface area contributed by atoms with Crippen molar-refractivity contribution in [3.8, 4) is 0 Å². The number of benzene rings is 1. The minimum Gasteiger partial charge on any atom is -0.381 e. The van der Waals surface area contributed by atoms with E-state index in [1.807, 2.05) is 6.07 Å². The van der Waals surface area contributed by atoms with Crippen LogP contribution in [-0.4, -0.2) is 26.6 Å². The van der Waals surface area contributed by atoms with Gasteiger partial charge in [0.05, 0.1) is 10.9 Å². The van der Waals surface area contributed by atoms with Gasteiger partial charge in [0.2, 0.25) is 10.0 Å². The summed E-state index contributed by atoms with van der Waals surface area (Å²) in [6.45, 7) is 2.81. The second-order valence-corrected chi connectivity index (χ2v) is 7.93. The molecule has 0 spiro atoms. The summed E-state index contributed by atoms with van der Waals surface area (Å²) in [5.74, 6) is -0.335. The Balaban J connectivity index is 1.93. The van der Waals surface area contributed by atoms with E-state index >= 15 is 0 Å². The van der Waals surface area contributed by atoms with Crippen LogP contribution in [0.2, 0.25) is 0 Å². The summed E-state index contributed by atoms with van der Waals surface area (Å²) in [5.41, 5.74) is 1.20. The summed E-state index contributed by atoms with van der Waals surface area (Å²) in [6, 6.07) is 6.95. The number of hydrogen-bond acceptors (Lipinski definition) is 4. The lowest BCUT2D eigenvalue weighted by Gasteiger charge is -2.31. The molecule has 1 atom stereocenters. The van der Waals surface area contributed by atoms with Crippen LogP contribution < -0.4 is 4.72 Å². The zero-order chi connectivity index (χ0) is 17.9. The monoisotopic (exact) mass is 364 g/mol. The first kappa shape index (κ1) is 18.0. The Bertz CT molecular complexity index is 821. The number of pyridine rings is 1. The third-order valence-electron chi connectivity index (χ3n) is 4.49. The maximum absolute atomic E-state index is 13.3. The topological polar surface area (TPSA) is 68.3 Å². The fourth-order valence-electron chi connectivity index (χ4n) is 3.19. The van der Waals surface area contributed by atoms with Crippen molar-refractivity contribution < 1.29 is 17.5 Å². The molecule has 5 nitrogen and oxygen atoms in total. The lowest BCUT2D eigenvalue weighted by atomic mass is 9.88. The Morgan fingerprint density at radius 1 is 1.28 bits per heavy atom. The molecular weight excluding hydrogens is 343 g/mol. The van der Waals surface area contributed by atoms with Gasteiger partial charge in [-0.15, -0.1) is 0 Å². The summed E-state index contributed by atoms with van der Waals surface area (Å²) in [7, 11) is -3.79. The fourth-order valence-corrected chi connectivity index (χ4v) is 4.71. The van der Waals surface area contributed by atoms with Gasteiger partial charge < -0.3 is 4.74 Å². The minimum absolute atomic E-state index is 0.0925. The molecule has 134 valence electrons. The van der Waals surface area contributed by atoms with Crippen LogP contribution in [-0.2, 0) is 14.8 Å². The highest BCUT2D eigenvalue weighted by molar-refractivity contribution is 7.89. The van der Waals surface area contributed by atoms with Crippen molar-refractivity contribution in [2.24, 2.45) is 5.92 Å². The molecule has 1 N–H and O–H groups in total. The van der Waals surface area contributed by atoms with Crippen LogP contribution in [0.5, 0.6) is 0 Å². The lowest BCUT2D eigenvalue weighted by Crippen LogP contribution is -2.36. The van der Waals surface area contributed by atoms with Crippen LogP contribution >= 0.6 is 0 Å². The smallest absolute Gasteiger partial charge is 0.241 e. The van der Waals surface area contributed by atoms with E-state index in [9.17, 15) is 12.8 Å². The van der Waals surface area contributed by atoms with Crippen molar-refractivity contribution in [1.82, 2.24) is 9.71 Å². The zero-order valence-electron chi connectivity index (χ0n) is 14.0. The molecule has 1 fully saturated rings. The van der Waals surface area contributed by atoms with Crippen LogP contribution in [0.3, 0.4) is 0 Å². The molecule has 25 heavy (non-hydrogen) atoms. The average Bonchev–Trinajstić information content (AvgIpc) is 2.61. The number of sulfonamides is 1. The molecule has 0 aliphatic carbocycles. The van der Waals surface area contributed by atoms with E-state index in [-0.39, 0.29) is 10.8 Å². The number of rotatable bonds is 5. The van der Waals surface area contributed by atoms with Crippen LogP contribution in [0.1, 0.15) is 30.0 Å². The number of nitrogens with one attached hydrogen (secondary N) is 1. The van der Waals surface area contributed by atoms with E-state index in [2.05, 4.69) is 9.71 Å². The van der Waals surface area contributed by atoms with Gasteiger partial charge in [-0.3, -0.25) is 4.98 Å². The second-order valence-electron chi connectivity index (χ2n) is 6.24. The van der Waals surface area contributed by atoms with Gasteiger partial charge in [0.15, 0.2) is 0 Å². The summed E-state index contributed by atoms with van der Waals surface area (Å²) in [4.78, 5) is 4.21. The number of nitrogens with zero attached hydrogens (tertiary/aromatic N) is 1. The summed E-state index contributed by atoms with van der Waals surface area (Å²) < 4.78 is 47.3. The van der Waals surface area contributed by atoms with E-state index in [1.165, 1.54) is 12.1 Å². The zero-order valence-corrected chi connectivity index (χ0v) is 14.8. The third-order valence-corrected chi connectivity index (χ3v) is 6.09. The fraction of sp³-hybridized carbons (Fsp3) is 0.389. The molecule has 1 aromatic heterocycles. The molecule has 3 rings (SSSR count). The van der Waals surface area contributed by atoms with Crippen LogP contribution in [0.4, 0.5) is 4.39 Å². The summed E-state index contributed by atoms with van der Waals surface area (Å²) >= 11 is 0. The highest BCUT2D eigenvalue weighted by Crippen LogP contribution is 2.31. The van der Waals surface area contributed by atoms with Crippen LogP contribution in [0.25, 0.3) is 0 Å². The van der Waals surface area contributed by atoms with E-state index in [0.717, 1.165) is 24.5 Å². The van der Waals surface area contributed by atoms with Crippen molar-refractivity contribution in [3.05, 3.63) is 59.7 Å². The summed E-state index contributed by atoms with van der Waals surface area (Å²) in [6.07, 6.45) is 4.87. The first-order valence-corrected chi connectivity index (χ1v) is 9.72. The number of hydrogen-bond donors (Lipinski definition) is 1. The molecule has 1 aliphatic heterocycles. The molecule has 0 radical (unpaired) electrons. The molecule has 1 saturated heterocycles. The van der Waals surface area contributed by atoms with E-state index in [1.54, 1.807) is 25.4 Å². The Kier molecular flexibility index (Phi) is 5.46. The van der Waals surface area contributed by atoms with Crippen LogP contribution in [0, 0.1) is 18.7 Å². The highest BCUT2D eigenvalue weighted by Gasteiger charge is 2.30. The first-order valence-electron chi connectivity index (χ1n) is 8.23. The predicted molar refractivity (Wildman–Crippen MR) is 92.0 cm³/mol. The molecule has 0 amide bonds. The Hall–Kier alpha value is -1.83. The Morgan fingerprint density at radius 2 is 2.04 bits per heavy atom. The molecule has 0 saturated carbocycles. The molecule has 1 unspecified atom stereocenters. The second kappa shape index (κ2) is 7.59. The highest BCUT2D eigenvalue weighted by atomic mass is 32.2. The minimum atomic E-state index is -3.79. The molecule has 1 aromatic carbocycles. The van der Waals surface area contributed by atoms with Crippen molar-refractivity contribution in [3.63, 3.8) is 0 Å². The molecule has 0 bridgehead atoms. The van der Waals surface area contributed by atoms with Crippen LogP contribution in [0.15, 0.2) is 47.6 Å². The van der Waals surface area contributed by atoms with Gasteiger partial charge in [-0.25, -0.2) is 17.5 Å². The normalized spacial score (nSPS) is 17.4. The van der Waals surface area contributed by atoms with Gasteiger partial charge in [0.25, 0.3) is 0 Å². The SMILES string of the molecule is Cc1cc(F)ccc1S(=O)(=O)NC(c1cccnc1)C1CCOCC1. The Morgan fingerprint density at radius 3 is 2.68 bits per heavy atom. The average molecular weight is 364 g/mol. The predicted octanol–water partition coefficient (Wildman–Crippen LogP) is 2.98. The van der Waals surface area contributed by atoms with E-state index in [4.69, 9.17) is 4.74 Å². The first-order chi connectivity index (χ1) is 12.0. The quantitative estimate of drug-likeness (QED) is 0.886. The van der Waals surface area contributed by atoms with Crippen molar-refractivity contribution in [1.29, 1.82) is 0 Å². The van der Waals surface area contributed by atoms with Gasteiger partial charge in [-0.05, 0) is 61.1 Å². The van der Waals surface area contributed by atoms with Crippen molar-refractivity contribution in [2.75, 3.05) is 13.2 Å². The van der Waals surface area contributed by atoms with Gasteiger partial charge in [0, 0.05) is 25.6 Å². The lowest BCUT2D eigenvalue weighted by molar-refractivity contribution is 0.0564. The van der Waals surface area contributed by atoms with Crippen molar-refractivity contribution in [2.45, 2.75) is 30.7 Å². The largest absolute Gasteiger partial charge is 0.381 e. The molecule has 2 heterocycles. The number of ether oxygens (including phenoxy) is 1. The maximum atomic E-state index is 13.3. The van der Waals surface area contributed by atoms with E-state index < -0.39 is 21.9 Å². The molecule has 2 aromatic rings. The maximum Gasteiger partial charge on any atom is 0.241 e. The van der Waals surface area contributed by atoms with Gasteiger partial charge in [0.1, 0.15) is 5.82 Å². The number of halogens is 1. The molecular formula is C18H21FN2O3S. The standard InChI is InChI=1S/C18H21FN2O3S/c1-13-11-16(19)4-5-17(13)25(22,23)21-18(14-6-9-24-10-7-14)15-3-2-8-20-12-15/h2-5,8,11-12,14,18,21H,6-7,9-10H2,1H3. The van der Waals surface area contributed by atoms with E-state index in [0.29, 0.717) is 18.8 Å². The third kappa shape index (κ3) is 4.23. The number of aromatic nitrogens is 1. The molecule has 7 heteroatoms. The number of aryl methyl sites for hydroxylation is 1. The van der Waals surface area contributed by atoms with Crippen molar-refractivity contribution >= 4 is 10.0 Å². The summed E-state index contributed by atoms with van der Waals surface area (Å²) in [5, 5.41) is 0. The Labute approximate surface area is 147 Å².